The van der Waals surface area contributed by atoms with Gasteiger partial charge in [0.15, 0.2) is 0 Å². The van der Waals surface area contributed by atoms with Gasteiger partial charge in [-0.3, -0.25) is 0 Å². The van der Waals surface area contributed by atoms with Crippen molar-refractivity contribution in [2.45, 2.75) is 6.10 Å². The lowest BCUT2D eigenvalue weighted by Crippen LogP contribution is -2.10. The van der Waals surface area contributed by atoms with Gasteiger partial charge >= 0.3 is 0 Å². The molecule has 0 aromatic heterocycles. The molecule has 5 heteroatoms. The van der Waals surface area contributed by atoms with E-state index in [9.17, 15) is 5.11 Å². The number of ether oxygens (including phenoxy) is 3. The normalized spacial score (nSPS) is 11.8. The Labute approximate surface area is 128 Å². The van der Waals surface area contributed by atoms with Gasteiger partial charge in [0.25, 0.3) is 0 Å². The second kappa shape index (κ2) is 7.20. The number of aliphatic hydroxyl groups excluding tert-OH is 1. The van der Waals surface area contributed by atoms with Crippen LogP contribution in [0, 0.1) is 0 Å². The van der Waals surface area contributed by atoms with Gasteiger partial charge in [0.1, 0.15) is 30.0 Å². The van der Waals surface area contributed by atoms with Gasteiger partial charge in [-0.05, 0) is 35.9 Å². The van der Waals surface area contributed by atoms with Crippen molar-refractivity contribution < 1.29 is 19.3 Å². The molecule has 0 heterocycles. The minimum atomic E-state index is -0.798. The van der Waals surface area contributed by atoms with Crippen LogP contribution in [0.2, 0.25) is 5.02 Å². The molecular weight excluding hydrogens is 292 g/mol. The molecule has 1 atom stereocenters. The van der Waals surface area contributed by atoms with E-state index in [2.05, 4.69) is 0 Å². The summed E-state index contributed by atoms with van der Waals surface area (Å²) in [7, 11) is 3.13. The fourth-order valence-corrected chi connectivity index (χ4v) is 2.03. The van der Waals surface area contributed by atoms with Crippen LogP contribution in [-0.4, -0.2) is 25.9 Å². The van der Waals surface area contributed by atoms with Crippen molar-refractivity contribution >= 4 is 11.6 Å². The first-order valence-corrected chi connectivity index (χ1v) is 6.79. The predicted octanol–water partition coefficient (Wildman–Crippen LogP) is 3.47. The highest BCUT2D eigenvalue weighted by atomic mass is 35.5. The lowest BCUT2D eigenvalue weighted by molar-refractivity contribution is 0.108. The number of methoxy groups -OCH3 is 2. The topological polar surface area (TPSA) is 47.9 Å². The summed E-state index contributed by atoms with van der Waals surface area (Å²) >= 11 is 5.88. The van der Waals surface area contributed by atoms with Gasteiger partial charge in [-0.25, -0.2) is 0 Å². The molecule has 2 aromatic carbocycles. The first kappa shape index (κ1) is 15.5. The highest BCUT2D eigenvalue weighted by molar-refractivity contribution is 6.30. The number of aliphatic hydroxyl groups is 1. The van der Waals surface area contributed by atoms with Crippen LogP contribution < -0.4 is 14.2 Å². The Morgan fingerprint density at radius 2 is 1.67 bits per heavy atom. The Morgan fingerprint density at radius 3 is 2.24 bits per heavy atom. The molecule has 112 valence electrons. The van der Waals surface area contributed by atoms with E-state index in [0.717, 1.165) is 0 Å². The number of hydrogen-bond donors (Lipinski definition) is 1. The van der Waals surface area contributed by atoms with Gasteiger partial charge in [0.05, 0.1) is 14.2 Å². The van der Waals surface area contributed by atoms with Crippen molar-refractivity contribution in [3.05, 3.63) is 53.1 Å². The summed E-state index contributed by atoms with van der Waals surface area (Å²) in [4.78, 5) is 0. The van der Waals surface area contributed by atoms with E-state index in [4.69, 9.17) is 25.8 Å². The molecule has 0 amide bonds. The quantitative estimate of drug-likeness (QED) is 0.887. The molecule has 0 spiro atoms. The van der Waals surface area contributed by atoms with E-state index in [1.165, 1.54) is 0 Å². The molecule has 0 saturated carbocycles. The maximum atomic E-state index is 10.2. The summed E-state index contributed by atoms with van der Waals surface area (Å²) < 4.78 is 15.9. The van der Waals surface area contributed by atoms with Crippen molar-refractivity contribution in [2.24, 2.45) is 0 Å². The van der Waals surface area contributed by atoms with Crippen molar-refractivity contribution in [2.75, 3.05) is 20.8 Å². The van der Waals surface area contributed by atoms with Crippen LogP contribution in [0.25, 0.3) is 0 Å². The fraction of sp³-hybridized carbons (Fsp3) is 0.250. The monoisotopic (exact) mass is 308 g/mol. The lowest BCUT2D eigenvalue weighted by Gasteiger charge is -2.15. The van der Waals surface area contributed by atoms with E-state index in [0.29, 0.717) is 27.8 Å². The largest absolute Gasteiger partial charge is 0.497 e. The molecule has 2 aromatic rings. The first-order valence-electron chi connectivity index (χ1n) is 6.42. The number of halogens is 1. The van der Waals surface area contributed by atoms with Crippen LogP contribution in [0.4, 0.5) is 0 Å². The van der Waals surface area contributed by atoms with E-state index >= 15 is 0 Å². The van der Waals surface area contributed by atoms with Gasteiger partial charge in [-0.15, -0.1) is 0 Å². The molecule has 21 heavy (non-hydrogen) atoms. The standard InChI is InChI=1S/C16H17ClO4/c1-19-14-6-11(7-15(9-14)20-2)16(18)10-21-13-5-3-4-12(17)8-13/h3-9,16,18H,10H2,1-2H3. The van der Waals surface area contributed by atoms with Gasteiger partial charge in [0, 0.05) is 11.1 Å². The van der Waals surface area contributed by atoms with E-state index in [-0.39, 0.29) is 6.61 Å². The van der Waals surface area contributed by atoms with Crippen LogP contribution in [-0.2, 0) is 0 Å². The molecule has 0 aliphatic heterocycles. The summed E-state index contributed by atoms with van der Waals surface area (Å²) in [5.41, 5.74) is 0.660. The zero-order valence-corrected chi connectivity index (χ0v) is 12.6. The third kappa shape index (κ3) is 4.28. The summed E-state index contributed by atoms with van der Waals surface area (Å²) in [6.45, 7) is 0.108. The zero-order valence-electron chi connectivity index (χ0n) is 11.9. The maximum absolute atomic E-state index is 10.2. The van der Waals surface area contributed by atoms with Crippen LogP contribution in [0.1, 0.15) is 11.7 Å². The van der Waals surface area contributed by atoms with Crippen molar-refractivity contribution in [1.82, 2.24) is 0 Å². The molecule has 0 radical (unpaired) electrons. The highest BCUT2D eigenvalue weighted by Crippen LogP contribution is 2.27. The van der Waals surface area contributed by atoms with Crippen LogP contribution in [0.5, 0.6) is 17.2 Å². The summed E-state index contributed by atoms with van der Waals surface area (Å²) in [6.07, 6.45) is -0.798. The highest BCUT2D eigenvalue weighted by Gasteiger charge is 2.12. The Hall–Kier alpha value is -1.91. The average Bonchev–Trinajstić information content (AvgIpc) is 2.52. The van der Waals surface area contributed by atoms with Gasteiger partial charge in [-0.2, -0.15) is 0 Å². The van der Waals surface area contributed by atoms with Crippen molar-refractivity contribution in [3.63, 3.8) is 0 Å². The molecule has 0 saturated heterocycles. The minimum Gasteiger partial charge on any atom is -0.497 e. The maximum Gasteiger partial charge on any atom is 0.122 e. The van der Waals surface area contributed by atoms with E-state index < -0.39 is 6.10 Å². The van der Waals surface area contributed by atoms with Crippen molar-refractivity contribution in [3.8, 4) is 17.2 Å². The molecule has 1 N–H and O–H groups in total. The van der Waals surface area contributed by atoms with Gasteiger partial charge < -0.3 is 19.3 Å². The summed E-state index contributed by atoms with van der Waals surface area (Å²) in [5.74, 6) is 1.84. The molecular formula is C16H17ClO4. The number of benzene rings is 2. The molecule has 0 aliphatic carbocycles. The summed E-state index contributed by atoms with van der Waals surface area (Å²) in [5, 5.41) is 10.8. The van der Waals surface area contributed by atoms with Gasteiger partial charge in [0.2, 0.25) is 0 Å². The SMILES string of the molecule is COc1cc(OC)cc(C(O)COc2cccc(Cl)c2)c1. The molecule has 4 nitrogen and oxygen atoms in total. The van der Waals surface area contributed by atoms with Gasteiger partial charge in [-0.1, -0.05) is 17.7 Å². The van der Waals surface area contributed by atoms with Crippen molar-refractivity contribution in [1.29, 1.82) is 0 Å². The Kier molecular flexibility index (Phi) is 5.31. The van der Waals surface area contributed by atoms with Crippen LogP contribution >= 0.6 is 11.6 Å². The number of hydrogen-bond acceptors (Lipinski definition) is 4. The second-order valence-corrected chi connectivity index (χ2v) is 4.87. The first-order chi connectivity index (χ1) is 10.1. The Morgan fingerprint density at radius 1 is 1.00 bits per heavy atom. The van der Waals surface area contributed by atoms with Crippen LogP contribution in [0.15, 0.2) is 42.5 Å². The van der Waals surface area contributed by atoms with E-state index in [1.54, 1.807) is 56.7 Å². The lowest BCUT2D eigenvalue weighted by atomic mass is 10.1. The third-order valence-corrected chi connectivity index (χ3v) is 3.20. The third-order valence-electron chi connectivity index (χ3n) is 2.96. The second-order valence-electron chi connectivity index (χ2n) is 4.43. The fourth-order valence-electron chi connectivity index (χ4n) is 1.85. The Balaban J connectivity index is 2.07. The van der Waals surface area contributed by atoms with Crippen LogP contribution in [0.3, 0.4) is 0 Å². The summed E-state index contributed by atoms with van der Waals surface area (Å²) in [6, 6.07) is 12.3. The Bertz CT molecular complexity index is 578. The molecule has 0 fully saturated rings. The minimum absolute atomic E-state index is 0.108. The van der Waals surface area contributed by atoms with E-state index in [1.807, 2.05) is 0 Å². The number of rotatable bonds is 6. The smallest absolute Gasteiger partial charge is 0.122 e. The molecule has 0 bridgehead atoms. The molecule has 1 unspecified atom stereocenters. The molecule has 2 rings (SSSR count). The molecule has 0 aliphatic rings. The zero-order chi connectivity index (χ0) is 15.2. The predicted molar refractivity (Wildman–Crippen MR) is 81.5 cm³/mol. The average molecular weight is 309 g/mol.